The third-order valence-corrected chi connectivity index (χ3v) is 3.19. The van der Waals surface area contributed by atoms with Crippen LogP contribution in [-0.4, -0.2) is 6.86 Å². The van der Waals surface area contributed by atoms with Gasteiger partial charge in [0, 0.05) is 5.92 Å². The van der Waals surface area contributed by atoms with E-state index in [1.165, 1.54) is 12.0 Å². The van der Waals surface area contributed by atoms with Crippen LogP contribution >= 0.6 is 0 Å². The highest BCUT2D eigenvalue weighted by Gasteiger charge is 2.16. The van der Waals surface area contributed by atoms with Gasteiger partial charge in [0.15, 0.2) is 0 Å². The Kier molecular flexibility index (Phi) is 8.18. The number of rotatable bonds is 4. The predicted octanol–water partition coefficient (Wildman–Crippen LogP) is 5.78. The van der Waals surface area contributed by atoms with Gasteiger partial charge in [-0.3, -0.25) is 0 Å². The molecule has 21 heavy (non-hydrogen) atoms. The summed E-state index contributed by atoms with van der Waals surface area (Å²) in [5.74, 6) is 1.14. The van der Waals surface area contributed by atoms with Crippen molar-refractivity contribution in [2.24, 2.45) is 5.92 Å². The van der Waals surface area contributed by atoms with Crippen molar-refractivity contribution in [3.05, 3.63) is 72.0 Å². The van der Waals surface area contributed by atoms with Gasteiger partial charge in [0.1, 0.15) is 5.76 Å². The zero-order chi connectivity index (χ0) is 15.5. The highest BCUT2D eigenvalue weighted by Crippen LogP contribution is 2.28. The SMILES string of the molecule is CC(c1ccccc1)C1C=CC=CC(OCF)=C1.CCC. The summed E-state index contributed by atoms with van der Waals surface area (Å²) in [5.41, 5.74) is 1.27. The van der Waals surface area contributed by atoms with Gasteiger partial charge in [-0.15, -0.1) is 0 Å². The summed E-state index contributed by atoms with van der Waals surface area (Å²) in [6, 6.07) is 10.3. The molecule has 1 aromatic carbocycles. The standard InChI is InChI=1S/C16H17FO.C3H8/c1-13(14-7-3-2-4-8-14)15-9-5-6-10-16(11-15)18-12-17;1-3-2/h2-11,13,15H,12H2,1H3;3H2,1-2H3. The molecular formula is C19H25FO. The Morgan fingerprint density at radius 3 is 2.43 bits per heavy atom. The summed E-state index contributed by atoms with van der Waals surface area (Å²) < 4.78 is 17.2. The van der Waals surface area contributed by atoms with Crippen LogP contribution < -0.4 is 0 Å². The first-order valence-electron chi connectivity index (χ1n) is 7.53. The van der Waals surface area contributed by atoms with Gasteiger partial charge in [-0.05, 0) is 23.6 Å². The van der Waals surface area contributed by atoms with Crippen LogP contribution in [0, 0.1) is 5.92 Å². The molecule has 0 bridgehead atoms. The molecule has 0 aromatic heterocycles. The number of halogens is 1. The van der Waals surface area contributed by atoms with E-state index in [-0.39, 0.29) is 5.92 Å². The van der Waals surface area contributed by atoms with Crippen molar-refractivity contribution in [1.29, 1.82) is 0 Å². The summed E-state index contributed by atoms with van der Waals surface area (Å²) in [5, 5.41) is 0. The van der Waals surface area contributed by atoms with Gasteiger partial charge in [-0.2, -0.15) is 0 Å². The summed E-state index contributed by atoms with van der Waals surface area (Å²) in [7, 11) is 0. The molecule has 0 amide bonds. The maximum absolute atomic E-state index is 12.2. The van der Waals surface area contributed by atoms with E-state index in [4.69, 9.17) is 4.74 Å². The Morgan fingerprint density at radius 2 is 1.81 bits per heavy atom. The molecule has 2 atom stereocenters. The van der Waals surface area contributed by atoms with Crippen LogP contribution in [0.15, 0.2) is 66.5 Å². The zero-order valence-electron chi connectivity index (χ0n) is 13.1. The van der Waals surface area contributed by atoms with Crippen molar-refractivity contribution in [2.75, 3.05) is 6.86 Å². The molecule has 0 fully saturated rings. The van der Waals surface area contributed by atoms with E-state index in [0.29, 0.717) is 11.7 Å². The minimum Gasteiger partial charge on any atom is -0.463 e. The Bertz CT molecular complexity index is 474. The van der Waals surface area contributed by atoms with Crippen LogP contribution in [-0.2, 0) is 4.74 Å². The highest BCUT2D eigenvalue weighted by molar-refractivity contribution is 5.29. The number of alkyl halides is 1. The van der Waals surface area contributed by atoms with Crippen molar-refractivity contribution in [2.45, 2.75) is 33.1 Å². The van der Waals surface area contributed by atoms with Gasteiger partial charge in [0.2, 0.25) is 6.86 Å². The first-order chi connectivity index (χ1) is 10.2. The number of allylic oxidation sites excluding steroid dienone is 5. The quantitative estimate of drug-likeness (QED) is 0.682. The van der Waals surface area contributed by atoms with Crippen LogP contribution in [0.5, 0.6) is 0 Å². The average molecular weight is 288 g/mol. The van der Waals surface area contributed by atoms with E-state index in [2.05, 4.69) is 39.0 Å². The van der Waals surface area contributed by atoms with Gasteiger partial charge < -0.3 is 4.74 Å². The van der Waals surface area contributed by atoms with Gasteiger partial charge in [-0.25, -0.2) is 4.39 Å². The molecule has 0 saturated carbocycles. The Hall–Kier alpha value is -1.83. The Balaban J connectivity index is 0.000000677. The molecule has 1 aliphatic carbocycles. The minimum absolute atomic E-state index is 0.212. The summed E-state index contributed by atoms with van der Waals surface area (Å²) in [6.45, 7) is 5.63. The van der Waals surface area contributed by atoms with Gasteiger partial charge in [0.25, 0.3) is 0 Å². The molecule has 0 spiro atoms. The first kappa shape index (κ1) is 17.2. The molecule has 1 aromatic rings. The molecule has 1 nitrogen and oxygen atoms in total. The van der Waals surface area contributed by atoms with Crippen LogP contribution in [0.1, 0.15) is 38.7 Å². The second-order valence-electron chi connectivity index (χ2n) is 5.05. The number of hydrogen-bond donors (Lipinski definition) is 0. The number of ether oxygens (including phenoxy) is 1. The fourth-order valence-corrected chi connectivity index (χ4v) is 2.09. The summed E-state index contributed by atoms with van der Waals surface area (Å²) in [4.78, 5) is 0. The van der Waals surface area contributed by atoms with Crippen molar-refractivity contribution < 1.29 is 9.13 Å². The average Bonchev–Trinajstić information content (AvgIpc) is 2.74. The number of benzene rings is 1. The zero-order valence-corrected chi connectivity index (χ0v) is 13.1. The molecule has 0 radical (unpaired) electrons. The summed E-state index contributed by atoms with van der Waals surface area (Å²) >= 11 is 0. The molecule has 0 heterocycles. The molecule has 2 unspecified atom stereocenters. The normalized spacial score (nSPS) is 18.1. The van der Waals surface area contributed by atoms with Crippen molar-refractivity contribution in [3.8, 4) is 0 Å². The van der Waals surface area contributed by atoms with Gasteiger partial charge >= 0.3 is 0 Å². The molecule has 0 N–H and O–H groups in total. The first-order valence-corrected chi connectivity index (χ1v) is 7.53. The monoisotopic (exact) mass is 288 g/mol. The fraction of sp³-hybridized carbons (Fsp3) is 0.368. The van der Waals surface area contributed by atoms with Crippen LogP contribution in [0.3, 0.4) is 0 Å². The molecule has 114 valence electrons. The van der Waals surface area contributed by atoms with E-state index in [1.54, 1.807) is 6.08 Å². The molecular weight excluding hydrogens is 263 g/mol. The lowest BCUT2D eigenvalue weighted by Gasteiger charge is -2.18. The van der Waals surface area contributed by atoms with Gasteiger partial charge in [0.05, 0.1) is 0 Å². The van der Waals surface area contributed by atoms with E-state index >= 15 is 0 Å². The second kappa shape index (κ2) is 9.98. The van der Waals surface area contributed by atoms with E-state index in [1.807, 2.05) is 36.4 Å². The minimum atomic E-state index is -0.789. The lowest BCUT2D eigenvalue weighted by atomic mass is 9.87. The van der Waals surface area contributed by atoms with Gasteiger partial charge in [-0.1, -0.05) is 75.8 Å². The molecule has 0 saturated heterocycles. The smallest absolute Gasteiger partial charge is 0.228 e. The maximum atomic E-state index is 12.2. The van der Waals surface area contributed by atoms with Crippen LogP contribution in [0.2, 0.25) is 0 Å². The van der Waals surface area contributed by atoms with Crippen molar-refractivity contribution in [1.82, 2.24) is 0 Å². The third kappa shape index (κ3) is 5.99. The third-order valence-electron chi connectivity index (χ3n) is 3.19. The molecule has 0 aliphatic heterocycles. The second-order valence-corrected chi connectivity index (χ2v) is 5.05. The van der Waals surface area contributed by atoms with Crippen LogP contribution in [0.25, 0.3) is 0 Å². The van der Waals surface area contributed by atoms with E-state index in [9.17, 15) is 4.39 Å². The lowest BCUT2D eigenvalue weighted by Crippen LogP contribution is -2.06. The van der Waals surface area contributed by atoms with E-state index < -0.39 is 6.86 Å². The fourth-order valence-electron chi connectivity index (χ4n) is 2.09. The summed E-state index contributed by atoms with van der Waals surface area (Å²) in [6.07, 6.45) is 11.0. The Morgan fingerprint density at radius 1 is 1.14 bits per heavy atom. The molecule has 1 aliphatic rings. The lowest BCUT2D eigenvalue weighted by molar-refractivity contribution is 0.122. The maximum Gasteiger partial charge on any atom is 0.228 e. The molecule has 2 rings (SSSR count). The largest absolute Gasteiger partial charge is 0.463 e. The van der Waals surface area contributed by atoms with Crippen molar-refractivity contribution >= 4 is 0 Å². The predicted molar refractivity (Wildman–Crippen MR) is 87.7 cm³/mol. The Labute approximate surface area is 127 Å². The van der Waals surface area contributed by atoms with Crippen molar-refractivity contribution in [3.63, 3.8) is 0 Å². The topological polar surface area (TPSA) is 9.23 Å². The molecule has 2 heteroatoms. The van der Waals surface area contributed by atoms with E-state index in [0.717, 1.165) is 0 Å². The highest BCUT2D eigenvalue weighted by atomic mass is 19.1. The van der Waals surface area contributed by atoms with Crippen LogP contribution in [0.4, 0.5) is 4.39 Å². The number of hydrogen-bond acceptors (Lipinski definition) is 1.